The second-order valence-corrected chi connectivity index (χ2v) is 3.30. The van der Waals surface area contributed by atoms with Gasteiger partial charge in [0.25, 0.3) is 0 Å². The maximum Gasteiger partial charge on any atom is 0.0992 e. The molecule has 1 rings (SSSR count). The van der Waals surface area contributed by atoms with E-state index in [1.165, 1.54) is 0 Å². The number of nitrogens with two attached hydrogens (primary N) is 1. The van der Waals surface area contributed by atoms with Gasteiger partial charge in [-0.2, -0.15) is 5.26 Å². The van der Waals surface area contributed by atoms with Crippen molar-refractivity contribution in [3.05, 3.63) is 40.9 Å². The fourth-order valence-corrected chi connectivity index (χ4v) is 1.32. The largest absolute Gasteiger partial charge is 0.380 e. The lowest BCUT2D eigenvalue weighted by molar-refractivity contribution is 1.22. The van der Waals surface area contributed by atoms with Crippen molar-refractivity contribution in [2.24, 2.45) is 5.73 Å². The van der Waals surface area contributed by atoms with E-state index in [4.69, 9.17) is 22.6 Å². The number of hydrogen-bond donors (Lipinski definition) is 2. The van der Waals surface area contributed by atoms with Crippen LogP contribution in [0.5, 0.6) is 0 Å². The van der Waals surface area contributed by atoms with Gasteiger partial charge in [-0.1, -0.05) is 23.8 Å². The molecule has 0 aliphatic carbocycles. The van der Waals surface area contributed by atoms with Crippen LogP contribution in [0.2, 0.25) is 5.02 Å². The van der Waals surface area contributed by atoms with Crippen molar-refractivity contribution >= 4 is 17.3 Å². The number of rotatable bonds is 4. The quantitative estimate of drug-likeness (QED) is 0.766. The van der Waals surface area contributed by atoms with Gasteiger partial charge in [0.2, 0.25) is 0 Å². The number of halogens is 1. The van der Waals surface area contributed by atoms with Crippen LogP contribution in [-0.2, 0) is 0 Å². The van der Waals surface area contributed by atoms with Crippen LogP contribution >= 0.6 is 11.6 Å². The molecule has 4 heteroatoms. The van der Waals surface area contributed by atoms with Gasteiger partial charge in [-0.15, -0.1) is 0 Å². The second-order valence-electron chi connectivity index (χ2n) is 2.89. The zero-order valence-corrected chi connectivity index (χ0v) is 8.96. The minimum absolute atomic E-state index is 0.531. The molecule has 0 saturated carbocycles. The molecule has 0 aliphatic heterocycles. The average molecular weight is 222 g/mol. The molecule has 0 spiro atoms. The predicted molar refractivity (Wildman–Crippen MR) is 62.9 cm³/mol. The van der Waals surface area contributed by atoms with Crippen LogP contribution < -0.4 is 11.1 Å². The predicted octanol–water partition coefficient (Wildman–Crippen LogP) is 2.14. The summed E-state index contributed by atoms with van der Waals surface area (Å²) in [5, 5.41) is 12.3. The first-order valence-electron chi connectivity index (χ1n) is 4.56. The molecule has 0 saturated heterocycles. The SMILES string of the molecule is N#Cc1ccc(NC/C=C/CN)c(Cl)c1. The van der Waals surface area contributed by atoms with Crippen LogP contribution in [0.15, 0.2) is 30.4 Å². The Morgan fingerprint density at radius 2 is 2.27 bits per heavy atom. The van der Waals surface area contributed by atoms with Crippen LogP contribution in [0.3, 0.4) is 0 Å². The molecule has 0 unspecified atom stereocenters. The van der Waals surface area contributed by atoms with E-state index in [0.717, 1.165) is 5.69 Å². The van der Waals surface area contributed by atoms with Crippen LogP contribution in [-0.4, -0.2) is 13.1 Å². The Morgan fingerprint density at radius 1 is 1.47 bits per heavy atom. The van der Waals surface area contributed by atoms with Crippen molar-refractivity contribution in [1.29, 1.82) is 5.26 Å². The first-order valence-corrected chi connectivity index (χ1v) is 4.94. The number of nitriles is 1. The Balaban J connectivity index is 2.63. The van der Waals surface area contributed by atoms with Crippen molar-refractivity contribution in [3.8, 4) is 6.07 Å². The molecule has 0 aromatic heterocycles. The fraction of sp³-hybridized carbons (Fsp3) is 0.182. The van der Waals surface area contributed by atoms with Crippen molar-refractivity contribution < 1.29 is 0 Å². The summed E-state index contributed by atoms with van der Waals surface area (Å²) >= 11 is 5.96. The topological polar surface area (TPSA) is 61.8 Å². The molecule has 0 aliphatic rings. The summed E-state index contributed by atoms with van der Waals surface area (Å²) in [6, 6.07) is 7.18. The standard InChI is InChI=1S/C11H12ClN3/c12-10-7-9(8-14)3-4-11(10)15-6-2-1-5-13/h1-4,7,15H,5-6,13H2/b2-1+. The molecule has 3 N–H and O–H groups in total. The number of anilines is 1. The van der Waals surface area contributed by atoms with Crippen LogP contribution in [0.4, 0.5) is 5.69 Å². The highest BCUT2D eigenvalue weighted by molar-refractivity contribution is 6.33. The Labute approximate surface area is 94.2 Å². The monoisotopic (exact) mass is 221 g/mol. The van der Waals surface area contributed by atoms with E-state index < -0.39 is 0 Å². The van der Waals surface area contributed by atoms with Crippen molar-refractivity contribution in [2.75, 3.05) is 18.4 Å². The van der Waals surface area contributed by atoms with Gasteiger partial charge in [0.1, 0.15) is 0 Å². The van der Waals surface area contributed by atoms with E-state index >= 15 is 0 Å². The number of benzene rings is 1. The Kier molecular flexibility index (Phi) is 4.69. The normalized spacial score (nSPS) is 10.2. The summed E-state index contributed by atoms with van der Waals surface area (Å²) in [5.41, 5.74) is 6.67. The Morgan fingerprint density at radius 3 is 2.87 bits per heavy atom. The summed E-state index contributed by atoms with van der Waals surface area (Å²) in [7, 11) is 0. The molecule has 1 aromatic carbocycles. The van der Waals surface area contributed by atoms with Crippen molar-refractivity contribution in [3.63, 3.8) is 0 Å². The molecule has 0 fully saturated rings. The molecule has 15 heavy (non-hydrogen) atoms. The fourth-order valence-electron chi connectivity index (χ4n) is 1.08. The van der Waals surface area contributed by atoms with E-state index in [-0.39, 0.29) is 0 Å². The third kappa shape index (κ3) is 3.62. The van der Waals surface area contributed by atoms with Crippen LogP contribution in [0.1, 0.15) is 5.56 Å². The molecule has 78 valence electrons. The molecule has 1 aromatic rings. The highest BCUT2D eigenvalue weighted by Gasteiger charge is 1.99. The Bertz CT molecular complexity index is 393. The van der Waals surface area contributed by atoms with Crippen molar-refractivity contribution in [1.82, 2.24) is 0 Å². The molecule has 0 atom stereocenters. The minimum atomic E-state index is 0.531. The van der Waals surface area contributed by atoms with Gasteiger partial charge in [0, 0.05) is 13.1 Å². The second kappa shape index (κ2) is 6.07. The van der Waals surface area contributed by atoms with Crippen LogP contribution in [0, 0.1) is 11.3 Å². The third-order valence-corrected chi connectivity index (χ3v) is 2.12. The summed E-state index contributed by atoms with van der Waals surface area (Å²) in [5.74, 6) is 0. The van der Waals surface area contributed by atoms with Gasteiger partial charge in [-0.3, -0.25) is 0 Å². The smallest absolute Gasteiger partial charge is 0.0992 e. The average Bonchev–Trinajstić information content (AvgIpc) is 2.26. The molecule has 0 amide bonds. The van der Waals surface area contributed by atoms with E-state index in [2.05, 4.69) is 5.32 Å². The first kappa shape index (κ1) is 11.6. The highest BCUT2D eigenvalue weighted by Crippen LogP contribution is 2.22. The molecule has 0 heterocycles. The van der Waals surface area contributed by atoms with Gasteiger partial charge >= 0.3 is 0 Å². The van der Waals surface area contributed by atoms with Crippen molar-refractivity contribution in [2.45, 2.75) is 0 Å². The van der Waals surface area contributed by atoms with Crippen LogP contribution in [0.25, 0.3) is 0 Å². The summed E-state index contributed by atoms with van der Waals surface area (Å²) in [6.45, 7) is 1.20. The number of nitrogens with one attached hydrogen (secondary N) is 1. The molecule has 3 nitrogen and oxygen atoms in total. The lowest BCUT2D eigenvalue weighted by Crippen LogP contribution is -2.00. The van der Waals surface area contributed by atoms with Gasteiger partial charge in [0.05, 0.1) is 22.3 Å². The maximum atomic E-state index is 8.64. The summed E-state index contributed by atoms with van der Waals surface area (Å²) < 4.78 is 0. The molecular weight excluding hydrogens is 210 g/mol. The third-order valence-electron chi connectivity index (χ3n) is 1.81. The lowest BCUT2D eigenvalue weighted by Gasteiger charge is -2.05. The Hall–Kier alpha value is -1.50. The van der Waals surface area contributed by atoms with Gasteiger partial charge in [-0.25, -0.2) is 0 Å². The van der Waals surface area contributed by atoms with E-state index in [1.54, 1.807) is 18.2 Å². The van der Waals surface area contributed by atoms with E-state index in [9.17, 15) is 0 Å². The first-order chi connectivity index (χ1) is 7.27. The molecule has 0 bridgehead atoms. The maximum absolute atomic E-state index is 8.64. The number of nitrogens with zero attached hydrogens (tertiary/aromatic N) is 1. The van der Waals surface area contributed by atoms with Gasteiger partial charge < -0.3 is 11.1 Å². The summed E-state index contributed by atoms with van der Waals surface area (Å²) in [4.78, 5) is 0. The van der Waals surface area contributed by atoms with E-state index in [0.29, 0.717) is 23.7 Å². The van der Waals surface area contributed by atoms with E-state index in [1.807, 2.05) is 18.2 Å². The number of hydrogen-bond acceptors (Lipinski definition) is 3. The molecular formula is C11H12ClN3. The summed E-state index contributed by atoms with van der Waals surface area (Å²) in [6.07, 6.45) is 3.79. The minimum Gasteiger partial charge on any atom is -0.380 e. The van der Waals surface area contributed by atoms with Gasteiger partial charge in [0.15, 0.2) is 0 Å². The zero-order chi connectivity index (χ0) is 11.1. The highest BCUT2D eigenvalue weighted by atomic mass is 35.5. The van der Waals surface area contributed by atoms with Gasteiger partial charge in [-0.05, 0) is 18.2 Å². The zero-order valence-electron chi connectivity index (χ0n) is 8.20. The lowest BCUT2D eigenvalue weighted by atomic mass is 10.2. The molecule has 0 radical (unpaired) electrons.